The summed E-state index contributed by atoms with van der Waals surface area (Å²) in [6, 6.07) is 10.6. The standard InChI is InChI=1S/C23H29ClN2O4S/c1-4-5-6-9-12-30-19-11-8-7-10-17(19)22(27)26-23(31)25-15-16-13-20(28-2)21(29-3)14-18(16)24/h7-8,10-11,13-14H,4-6,9,12,15H2,1-3H3,(H2,25,26,27,31). The van der Waals surface area contributed by atoms with Crippen molar-refractivity contribution in [2.45, 2.75) is 39.2 Å². The number of thiocarbonyl (C=S) groups is 1. The number of hydrogen-bond donors (Lipinski definition) is 2. The number of unbranched alkanes of at least 4 members (excludes halogenated alkanes) is 3. The van der Waals surface area contributed by atoms with Crippen LogP contribution in [0.4, 0.5) is 0 Å². The summed E-state index contributed by atoms with van der Waals surface area (Å²) in [5.74, 6) is 1.31. The second-order valence-electron chi connectivity index (χ2n) is 6.84. The molecule has 0 bridgehead atoms. The van der Waals surface area contributed by atoms with Crippen LogP contribution in [0.15, 0.2) is 36.4 Å². The normalized spacial score (nSPS) is 10.3. The highest BCUT2D eigenvalue weighted by molar-refractivity contribution is 7.80. The molecule has 0 heterocycles. The van der Waals surface area contributed by atoms with Crippen molar-refractivity contribution in [2.75, 3.05) is 20.8 Å². The van der Waals surface area contributed by atoms with Gasteiger partial charge >= 0.3 is 0 Å². The number of amides is 1. The minimum absolute atomic E-state index is 0.189. The number of rotatable bonds is 11. The van der Waals surface area contributed by atoms with E-state index in [4.69, 9.17) is 38.0 Å². The average molecular weight is 465 g/mol. The molecular weight excluding hydrogens is 436 g/mol. The number of hydrogen-bond acceptors (Lipinski definition) is 5. The molecule has 2 rings (SSSR count). The molecule has 0 fully saturated rings. The molecule has 1 amide bonds. The monoisotopic (exact) mass is 464 g/mol. The van der Waals surface area contributed by atoms with Crippen LogP contribution in [0.25, 0.3) is 0 Å². The van der Waals surface area contributed by atoms with Gasteiger partial charge in [0.05, 0.1) is 26.4 Å². The molecule has 0 spiro atoms. The van der Waals surface area contributed by atoms with Crippen LogP contribution in [0.1, 0.15) is 48.5 Å². The summed E-state index contributed by atoms with van der Waals surface area (Å²) in [6.45, 7) is 3.05. The molecule has 31 heavy (non-hydrogen) atoms. The van der Waals surface area contributed by atoms with Gasteiger partial charge in [0, 0.05) is 17.6 Å². The zero-order chi connectivity index (χ0) is 22.6. The SMILES string of the molecule is CCCCCCOc1ccccc1C(=O)NC(=S)NCc1cc(OC)c(OC)cc1Cl. The van der Waals surface area contributed by atoms with Crippen molar-refractivity contribution in [1.29, 1.82) is 0 Å². The van der Waals surface area contributed by atoms with Gasteiger partial charge in [-0.25, -0.2) is 0 Å². The average Bonchev–Trinajstić information content (AvgIpc) is 2.78. The highest BCUT2D eigenvalue weighted by Gasteiger charge is 2.14. The van der Waals surface area contributed by atoms with E-state index in [1.807, 2.05) is 6.07 Å². The topological polar surface area (TPSA) is 68.8 Å². The zero-order valence-electron chi connectivity index (χ0n) is 18.1. The summed E-state index contributed by atoms with van der Waals surface area (Å²) in [5, 5.41) is 6.37. The van der Waals surface area contributed by atoms with E-state index in [-0.39, 0.29) is 11.0 Å². The fourth-order valence-corrected chi connectivity index (χ4v) is 3.30. The van der Waals surface area contributed by atoms with Crippen molar-refractivity contribution in [3.8, 4) is 17.2 Å². The lowest BCUT2D eigenvalue weighted by Gasteiger charge is -2.15. The van der Waals surface area contributed by atoms with E-state index in [2.05, 4.69) is 17.6 Å². The second kappa shape index (κ2) is 13.0. The fraction of sp³-hybridized carbons (Fsp3) is 0.391. The van der Waals surface area contributed by atoms with Gasteiger partial charge in [0.25, 0.3) is 5.91 Å². The molecule has 0 aromatic heterocycles. The molecule has 168 valence electrons. The summed E-state index contributed by atoms with van der Waals surface area (Å²) in [5.41, 5.74) is 1.19. The summed E-state index contributed by atoms with van der Waals surface area (Å²) >= 11 is 11.6. The van der Waals surface area contributed by atoms with Crippen molar-refractivity contribution < 1.29 is 19.0 Å². The number of methoxy groups -OCH3 is 2. The van der Waals surface area contributed by atoms with Crippen LogP contribution in [-0.4, -0.2) is 31.8 Å². The first-order valence-electron chi connectivity index (χ1n) is 10.2. The predicted octanol–water partition coefficient (Wildman–Crippen LogP) is 5.12. The van der Waals surface area contributed by atoms with Gasteiger partial charge in [-0.15, -0.1) is 0 Å². The van der Waals surface area contributed by atoms with Crippen molar-refractivity contribution in [3.05, 3.63) is 52.5 Å². The molecule has 0 aliphatic heterocycles. The lowest BCUT2D eigenvalue weighted by Crippen LogP contribution is -2.39. The first-order chi connectivity index (χ1) is 15.0. The maximum absolute atomic E-state index is 12.7. The minimum atomic E-state index is -0.333. The molecular formula is C23H29ClN2O4S. The van der Waals surface area contributed by atoms with E-state index in [1.165, 1.54) is 6.42 Å². The summed E-state index contributed by atoms with van der Waals surface area (Å²) < 4.78 is 16.3. The first kappa shape index (κ1) is 24.8. The maximum atomic E-state index is 12.7. The summed E-state index contributed by atoms with van der Waals surface area (Å²) in [7, 11) is 3.10. The number of carbonyl (C=O) groups is 1. The van der Waals surface area contributed by atoms with Crippen molar-refractivity contribution in [2.24, 2.45) is 0 Å². The predicted molar refractivity (Wildman–Crippen MR) is 128 cm³/mol. The van der Waals surface area contributed by atoms with E-state index < -0.39 is 0 Å². The molecule has 0 aliphatic rings. The van der Waals surface area contributed by atoms with Gasteiger partial charge in [0.2, 0.25) is 0 Å². The lowest BCUT2D eigenvalue weighted by atomic mass is 10.2. The third-order valence-electron chi connectivity index (χ3n) is 4.61. The molecule has 2 aromatic carbocycles. The van der Waals surface area contributed by atoms with Gasteiger partial charge < -0.3 is 19.5 Å². The number of carbonyl (C=O) groups excluding carboxylic acids is 1. The molecule has 0 unspecified atom stereocenters. The highest BCUT2D eigenvalue weighted by Crippen LogP contribution is 2.33. The smallest absolute Gasteiger partial charge is 0.261 e. The quantitative estimate of drug-likeness (QED) is 0.355. The van der Waals surface area contributed by atoms with E-state index in [1.54, 1.807) is 44.6 Å². The van der Waals surface area contributed by atoms with E-state index in [0.717, 1.165) is 24.8 Å². The molecule has 6 nitrogen and oxygen atoms in total. The Morgan fingerprint density at radius 1 is 1.03 bits per heavy atom. The Kier molecular flexibility index (Phi) is 10.4. The van der Waals surface area contributed by atoms with Crippen LogP contribution in [0, 0.1) is 0 Å². The van der Waals surface area contributed by atoms with Crippen LogP contribution in [-0.2, 0) is 6.54 Å². The molecule has 0 radical (unpaired) electrons. The maximum Gasteiger partial charge on any atom is 0.261 e. The molecule has 0 saturated carbocycles. The van der Waals surface area contributed by atoms with E-state index in [0.29, 0.717) is 41.0 Å². The highest BCUT2D eigenvalue weighted by atomic mass is 35.5. The fourth-order valence-electron chi connectivity index (χ4n) is 2.91. The van der Waals surface area contributed by atoms with E-state index >= 15 is 0 Å². The first-order valence-corrected chi connectivity index (χ1v) is 11.0. The Hall–Kier alpha value is -2.51. The van der Waals surface area contributed by atoms with Crippen LogP contribution in [0.3, 0.4) is 0 Å². The van der Waals surface area contributed by atoms with Crippen molar-refractivity contribution >= 4 is 34.8 Å². The molecule has 2 N–H and O–H groups in total. The Morgan fingerprint density at radius 2 is 1.74 bits per heavy atom. The Morgan fingerprint density at radius 3 is 2.45 bits per heavy atom. The number of ether oxygens (including phenoxy) is 3. The Balaban J connectivity index is 1.94. The third kappa shape index (κ3) is 7.60. The summed E-state index contributed by atoms with van der Waals surface area (Å²) in [4.78, 5) is 12.7. The minimum Gasteiger partial charge on any atom is -0.493 e. The van der Waals surface area contributed by atoms with Gasteiger partial charge in [0.1, 0.15) is 5.75 Å². The zero-order valence-corrected chi connectivity index (χ0v) is 19.7. The van der Waals surface area contributed by atoms with Crippen molar-refractivity contribution in [3.63, 3.8) is 0 Å². The van der Waals surface area contributed by atoms with Crippen molar-refractivity contribution in [1.82, 2.24) is 10.6 Å². The van der Waals surface area contributed by atoms with Gasteiger partial charge in [0.15, 0.2) is 16.6 Å². The molecule has 2 aromatic rings. The van der Waals surface area contributed by atoms with Crippen LogP contribution < -0.4 is 24.8 Å². The largest absolute Gasteiger partial charge is 0.493 e. The number of para-hydroxylation sites is 1. The van der Waals surface area contributed by atoms with Crippen LogP contribution in [0.2, 0.25) is 5.02 Å². The summed E-state index contributed by atoms with van der Waals surface area (Å²) in [6.07, 6.45) is 4.40. The van der Waals surface area contributed by atoms with E-state index in [9.17, 15) is 4.79 Å². The van der Waals surface area contributed by atoms with Gasteiger partial charge in [-0.2, -0.15) is 0 Å². The van der Waals surface area contributed by atoms with Gasteiger partial charge in [-0.1, -0.05) is 49.9 Å². The van der Waals surface area contributed by atoms with Gasteiger partial charge in [-0.05, 0) is 42.4 Å². The molecule has 8 heteroatoms. The number of halogens is 1. The Bertz CT molecular complexity index is 892. The van der Waals surface area contributed by atoms with Crippen LogP contribution in [0.5, 0.6) is 17.2 Å². The van der Waals surface area contributed by atoms with Crippen LogP contribution >= 0.6 is 23.8 Å². The second-order valence-corrected chi connectivity index (χ2v) is 7.66. The molecule has 0 atom stereocenters. The van der Waals surface area contributed by atoms with Gasteiger partial charge in [-0.3, -0.25) is 10.1 Å². The Labute approximate surface area is 194 Å². The lowest BCUT2D eigenvalue weighted by molar-refractivity contribution is 0.0972. The molecule has 0 saturated heterocycles. The number of nitrogens with one attached hydrogen (secondary N) is 2. The number of benzene rings is 2. The molecule has 0 aliphatic carbocycles. The third-order valence-corrected chi connectivity index (χ3v) is 5.20.